The van der Waals surface area contributed by atoms with Crippen molar-refractivity contribution in [3.63, 3.8) is 0 Å². The molecule has 3 nitrogen and oxygen atoms in total. The van der Waals surface area contributed by atoms with Crippen molar-refractivity contribution in [3.05, 3.63) is 29.8 Å². The lowest BCUT2D eigenvalue weighted by molar-refractivity contribution is -0.151. The molecule has 0 bridgehead atoms. The number of esters is 1. The van der Waals surface area contributed by atoms with E-state index >= 15 is 0 Å². The second-order valence-electron chi connectivity index (χ2n) is 9.40. The molecule has 0 aromatic heterocycles. The van der Waals surface area contributed by atoms with Gasteiger partial charge in [-0.1, -0.05) is 83.8 Å². The van der Waals surface area contributed by atoms with Gasteiger partial charge >= 0.3 is 5.97 Å². The lowest BCUT2D eigenvalue weighted by Crippen LogP contribution is -2.28. The first-order chi connectivity index (χ1) is 15.1. The Morgan fingerprint density at radius 1 is 0.903 bits per heavy atom. The lowest BCUT2D eigenvalue weighted by Gasteiger charge is -2.31. The van der Waals surface area contributed by atoms with Gasteiger partial charge < -0.3 is 9.47 Å². The monoisotopic (exact) mass is 430 g/mol. The van der Waals surface area contributed by atoms with Crippen molar-refractivity contribution < 1.29 is 14.3 Å². The van der Waals surface area contributed by atoms with Gasteiger partial charge in [0.25, 0.3) is 0 Å². The number of hydrogen-bond donors (Lipinski definition) is 0. The molecule has 0 N–H and O–H groups in total. The van der Waals surface area contributed by atoms with Crippen molar-refractivity contribution in [1.82, 2.24) is 0 Å². The summed E-state index contributed by atoms with van der Waals surface area (Å²) in [4.78, 5) is 12.5. The Morgan fingerprint density at radius 3 is 2.16 bits per heavy atom. The maximum Gasteiger partial charge on any atom is 0.306 e. The van der Waals surface area contributed by atoms with E-state index in [9.17, 15) is 4.79 Å². The first kappa shape index (κ1) is 25.7. The fraction of sp³-hybridized carbons (Fsp3) is 0.750. The first-order valence-corrected chi connectivity index (χ1v) is 13.1. The van der Waals surface area contributed by atoms with E-state index in [1.807, 2.05) is 0 Å². The normalized spacial score (nSPS) is 19.7. The number of carbonyl (C=O) groups excluding carboxylic acids is 1. The molecular weight excluding hydrogens is 384 g/mol. The number of ether oxygens (including phenoxy) is 2. The van der Waals surface area contributed by atoms with Crippen molar-refractivity contribution in [1.29, 1.82) is 0 Å². The average Bonchev–Trinajstić information content (AvgIpc) is 2.79. The van der Waals surface area contributed by atoms with Crippen LogP contribution >= 0.6 is 0 Å². The number of rotatable bonds is 15. The molecule has 3 unspecified atom stereocenters. The molecule has 3 atom stereocenters. The zero-order valence-electron chi connectivity index (χ0n) is 20.4. The van der Waals surface area contributed by atoms with Crippen LogP contribution in [0.15, 0.2) is 24.3 Å². The van der Waals surface area contributed by atoms with Gasteiger partial charge in [-0.15, -0.1) is 0 Å². The van der Waals surface area contributed by atoms with Gasteiger partial charge in [0.2, 0.25) is 0 Å². The highest BCUT2D eigenvalue weighted by Gasteiger charge is 2.29. The van der Waals surface area contributed by atoms with E-state index in [1.165, 1.54) is 56.9 Å². The van der Waals surface area contributed by atoms with E-state index in [1.54, 1.807) is 0 Å². The van der Waals surface area contributed by atoms with Crippen molar-refractivity contribution in [2.75, 3.05) is 0 Å². The first-order valence-electron chi connectivity index (χ1n) is 13.1. The van der Waals surface area contributed by atoms with Crippen LogP contribution in [0, 0.1) is 0 Å². The smallest absolute Gasteiger partial charge is 0.306 e. The SMILES string of the molecule is CCCCCCCCCCCC(=O)OC1CCCCC1c1ccc(OC(C)CC)cc1. The molecule has 2 rings (SSSR count). The van der Waals surface area contributed by atoms with Crippen LogP contribution in [0.5, 0.6) is 5.75 Å². The highest BCUT2D eigenvalue weighted by molar-refractivity contribution is 5.69. The minimum Gasteiger partial charge on any atom is -0.491 e. The summed E-state index contributed by atoms with van der Waals surface area (Å²) in [6.07, 6.45) is 17.7. The maximum atomic E-state index is 12.5. The van der Waals surface area contributed by atoms with Crippen LogP contribution in [0.25, 0.3) is 0 Å². The van der Waals surface area contributed by atoms with Crippen LogP contribution in [0.1, 0.15) is 129 Å². The molecule has 1 fully saturated rings. The lowest BCUT2D eigenvalue weighted by atomic mass is 9.81. The van der Waals surface area contributed by atoms with Crippen LogP contribution in [-0.2, 0) is 9.53 Å². The zero-order chi connectivity index (χ0) is 22.3. The van der Waals surface area contributed by atoms with Gasteiger partial charge in [-0.2, -0.15) is 0 Å². The van der Waals surface area contributed by atoms with Gasteiger partial charge in [-0.3, -0.25) is 4.79 Å². The molecule has 1 aliphatic carbocycles. The van der Waals surface area contributed by atoms with Crippen LogP contribution in [0.4, 0.5) is 0 Å². The maximum absolute atomic E-state index is 12.5. The third-order valence-corrected chi connectivity index (χ3v) is 6.69. The van der Waals surface area contributed by atoms with E-state index in [2.05, 4.69) is 45.0 Å². The molecule has 0 aliphatic heterocycles. The van der Waals surface area contributed by atoms with E-state index in [0.717, 1.165) is 44.3 Å². The second kappa shape index (κ2) is 15.3. The van der Waals surface area contributed by atoms with Crippen LogP contribution < -0.4 is 4.74 Å². The summed E-state index contributed by atoms with van der Waals surface area (Å²) in [6.45, 7) is 6.49. The third kappa shape index (κ3) is 10.1. The number of unbranched alkanes of at least 4 members (excludes halogenated alkanes) is 8. The molecule has 176 valence electrons. The Kier molecular flexibility index (Phi) is 12.7. The summed E-state index contributed by atoms with van der Waals surface area (Å²) in [7, 11) is 0. The van der Waals surface area contributed by atoms with E-state index in [4.69, 9.17) is 9.47 Å². The van der Waals surface area contributed by atoms with E-state index < -0.39 is 0 Å². The average molecular weight is 431 g/mol. The predicted molar refractivity (Wildman–Crippen MR) is 130 cm³/mol. The number of carbonyl (C=O) groups is 1. The molecule has 1 aliphatic rings. The summed E-state index contributed by atoms with van der Waals surface area (Å²) >= 11 is 0. The molecule has 1 aromatic rings. The summed E-state index contributed by atoms with van der Waals surface area (Å²) in [5.74, 6) is 1.24. The quantitative estimate of drug-likeness (QED) is 0.207. The second-order valence-corrected chi connectivity index (χ2v) is 9.40. The van der Waals surface area contributed by atoms with Crippen molar-refractivity contribution in [2.24, 2.45) is 0 Å². The molecule has 1 aromatic carbocycles. The number of hydrogen-bond acceptors (Lipinski definition) is 3. The summed E-state index contributed by atoms with van der Waals surface area (Å²) in [5, 5.41) is 0. The highest BCUT2D eigenvalue weighted by atomic mass is 16.5. The van der Waals surface area contributed by atoms with Crippen molar-refractivity contribution in [2.45, 2.75) is 135 Å². The van der Waals surface area contributed by atoms with Gasteiger partial charge in [-0.05, 0) is 56.7 Å². The van der Waals surface area contributed by atoms with Crippen LogP contribution in [0.3, 0.4) is 0 Å². The Labute approximate surface area is 191 Å². The van der Waals surface area contributed by atoms with Crippen LogP contribution in [-0.4, -0.2) is 18.2 Å². The molecule has 0 amide bonds. The van der Waals surface area contributed by atoms with Gasteiger partial charge in [0.15, 0.2) is 0 Å². The van der Waals surface area contributed by atoms with Gasteiger partial charge in [-0.25, -0.2) is 0 Å². The fourth-order valence-electron chi connectivity index (χ4n) is 4.54. The Hall–Kier alpha value is -1.51. The Bertz CT molecular complexity index is 595. The molecule has 0 saturated heterocycles. The van der Waals surface area contributed by atoms with Gasteiger partial charge in [0.1, 0.15) is 11.9 Å². The molecule has 0 radical (unpaired) electrons. The number of benzene rings is 1. The topological polar surface area (TPSA) is 35.5 Å². The summed E-state index contributed by atoms with van der Waals surface area (Å²) in [6, 6.07) is 8.46. The largest absolute Gasteiger partial charge is 0.491 e. The zero-order valence-corrected chi connectivity index (χ0v) is 20.4. The highest BCUT2D eigenvalue weighted by Crippen LogP contribution is 2.36. The minimum absolute atomic E-state index is 0.00318. The Balaban J connectivity index is 1.71. The molecule has 0 spiro atoms. The molecule has 1 saturated carbocycles. The summed E-state index contributed by atoms with van der Waals surface area (Å²) < 4.78 is 11.9. The molecular formula is C28H46O3. The Morgan fingerprint density at radius 2 is 1.52 bits per heavy atom. The van der Waals surface area contributed by atoms with E-state index in [0.29, 0.717) is 12.3 Å². The molecule has 31 heavy (non-hydrogen) atoms. The fourth-order valence-corrected chi connectivity index (χ4v) is 4.54. The van der Waals surface area contributed by atoms with Crippen molar-refractivity contribution in [3.8, 4) is 5.75 Å². The summed E-state index contributed by atoms with van der Waals surface area (Å²) in [5.41, 5.74) is 1.28. The van der Waals surface area contributed by atoms with Gasteiger partial charge in [0, 0.05) is 12.3 Å². The van der Waals surface area contributed by atoms with Crippen molar-refractivity contribution >= 4 is 5.97 Å². The van der Waals surface area contributed by atoms with E-state index in [-0.39, 0.29) is 18.2 Å². The minimum atomic E-state index is -0.00318. The van der Waals surface area contributed by atoms with Crippen LogP contribution in [0.2, 0.25) is 0 Å². The predicted octanol–water partition coefficient (Wildman–Crippen LogP) is 8.35. The molecule has 3 heteroatoms. The molecule has 0 heterocycles. The van der Waals surface area contributed by atoms with Gasteiger partial charge in [0.05, 0.1) is 6.10 Å². The standard InChI is InChI=1S/C28H46O3/c1-4-6-7-8-9-10-11-12-13-18-28(29)31-27-17-15-14-16-26(27)24-19-21-25(22-20-24)30-23(3)5-2/h19-23,26-27H,4-18H2,1-3H3. The third-order valence-electron chi connectivity index (χ3n) is 6.69.